The minimum absolute atomic E-state index is 0.0406. The maximum absolute atomic E-state index is 14.3. The number of rotatable bonds is 8. The molecule has 1 aliphatic carbocycles. The number of amides is 2. The second-order valence-corrected chi connectivity index (χ2v) is 12.9. The first-order valence-corrected chi connectivity index (χ1v) is 15.9. The predicted molar refractivity (Wildman–Crippen MR) is 156 cm³/mol. The Labute approximate surface area is 249 Å². The number of aromatic nitrogens is 1. The summed E-state index contributed by atoms with van der Waals surface area (Å²) in [5.74, 6) is -1.71. The zero-order chi connectivity index (χ0) is 29.1. The molecule has 1 fully saturated rings. The molecule has 3 aromatic rings. The summed E-state index contributed by atoms with van der Waals surface area (Å²) in [5, 5.41) is 0.692. The Morgan fingerprint density at radius 3 is 2.54 bits per heavy atom. The Kier molecular flexibility index (Phi) is 8.96. The molecule has 0 saturated heterocycles. The number of hydrogen-bond donors (Lipinski definition) is 2. The van der Waals surface area contributed by atoms with Crippen molar-refractivity contribution in [3.8, 4) is 0 Å². The van der Waals surface area contributed by atoms with Crippen LogP contribution in [0, 0.1) is 0 Å². The molecular formula is C29H30Cl2N4O5S. The SMILES string of the molecule is CS(=O)(=O)N[C@@H]1CCCC[C@H]1N1C(=O)c2ccccc2[C@@H](C(=O)NOCc2ccccn2)[C@@H]1c1ccc(Cl)cc1Cl. The molecule has 5 rings (SSSR count). The lowest BCUT2D eigenvalue weighted by molar-refractivity contribution is -0.138. The average Bonchev–Trinajstić information content (AvgIpc) is 2.93. The smallest absolute Gasteiger partial charge is 0.255 e. The molecule has 1 aromatic heterocycles. The minimum atomic E-state index is -3.57. The molecule has 9 nitrogen and oxygen atoms in total. The van der Waals surface area contributed by atoms with E-state index >= 15 is 0 Å². The number of hydroxylamine groups is 1. The minimum Gasteiger partial charge on any atom is -0.326 e. The first-order chi connectivity index (χ1) is 19.6. The predicted octanol–water partition coefficient (Wildman–Crippen LogP) is 4.78. The molecule has 12 heteroatoms. The highest BCUT2D eigenvalue weighted by atomic mass is 35.5. The van der Waals surface area contributed by atoms with Crippen molar-refractivity contribution in [1.82, 2.24) is 20.1 Å². The summed E-state index contributed by atoms with van der Waals surface area (Å²) in [6.07, 6.45) is 5.44. The third kappa shape index (κ3) is 6.57. The molecule has 2 N–H and O–H groups in total. The van der Waals surface area contributed by atoms with E-state index < -0.39 is 40.0 Å². The normalized spacial score (nSPS) is 22.7. The Hall–Kier alpha value is -3.02. The van der Waals surface area contributed by atoms with Crippen LogP contribution in [0.5, 0.6) is 0 Å². The second-order valence-electron chi connectivity index (χ2n) is 10.3. The molecule has 0 radical (unpaired) electrons. The summed E-state index contributed by atoms with van der Waals surface area (Å²) in [6, 6.07) is 15.3. The van der Waals surface area contributed by atoms with Crippen molar-refractivity contribution in [3.05, 3.63) is 99.3 Å². The summed E-state index contributed by atoms with van der Waals surface area (Å²) in [7, 11) is -3.57. The van der Waals surface area contributed by atoms with Crippen molar-refractivity contribution in [2.24, 2.45) is 0 Å². The van der Waals surface area contributed by atoms with Crippen molar-refractivity contribution in [2.45, 2.75) is 56.3 Å². The van der Waals surface area contributed by atoms with Gasteiger partial charge < -0.3 is 4.90 Å². The molecule has 2 aromatic carbocycles. The van der Waals surface area contributed by atoms with Crippen LogP contribution in [0.15, 0.2) is 66.9 Å². The van der Waals surface area contributed by atoms with Gasteiger partial charge in [-0.25, -0.2) is 18.6 Å². The first-order valence-electron chi connectivity index (χ1n) is 13.3. The third-order valence-electron chi connectivity index (χ3n) is 7.51. The number of halogens is 2. The molecule has 41 heavy (non-hydrogen) atoms. The van der Waals surface area contributed by atoms with E-state index in [9.17, 15) is 18.0 Å². The summed E-state index contributed by atoms with van der Waals surface area (Å²) in [6.45, 7) is 0.0406. The van der Waals surface area contributed by atoms with E-state index in [1.54, 1.807) is 65.7 Å². The lowest BCUT2D eigenvalue weighted by Gasteiger charge is -2.49. The Morgan fingerprint density at radius 1 is 1.05 bits per heavy atom. The van der Waals surface area contributed by atoms with Gasteiger partial charge in [0.2, 0.25) is 10.0 Å². The van der Waals surface area contributed by atoms with Gasteiger partial charge in [0, 0.05) is 33.9 Å². The van der Waals surface area contributed by atoms with Crippen molar-refractivity contribution in [3.63, 3.8) is 0 Å². The van der Waals surface area contributed by atoms with Crippen LogP contribution in [0.2, 0.25) is 10.0 Å². The zero-order valence-corrected chi connectivity index (χ0v) is 24.6. The molecule has 0 spiro atoms. The van der Waals surface area contributed by atoms with E-state index in [0.29, 0.717) is 40.2 Å². The lowest BCUT2D eigenvalue weighted by atomic mass is 9.76. The quantitative estimate of drug-likeness (QED) is 0.352. The van der Waals surface area contributed by atoms with E-state index in [2.05, 4.69) is 15.2 Å². The number of benzene rings is 2. The number of pyridine rings is 1. The Bertz CT molecular complexity index is 1540. The molecular weight excluding hydrogens is 587 g/mol. The highest BCUT2D eigenvalue weighted by Crippen LogP contribution is 2.47. The van der Waals surface area contributed by atoms with Crippen LogP contribution in [0.1, 0.15) is 64.8 Å². The van der Waals surface area contributed by atoms with Gasteiger partial charge in [-0.15, -0.1) is 0 Å². The number of carbonyl (C=O) groups is 2. The summed E-state index contributed by atoms with van der Waals surface area (Å²) < 4.78 is 27.4. The van der Waals surface area contributed by atoms with Crippen molar-refractivity contribution in [2.75, 3.05) is 6.26 Å². The van der Waals surface area contributed by atoms with Crippen molar-refractivity contribution in [1.29, 1.82) is 0 Å². The maximum Gasteiger partial charge on any atom is 0.255 e. The van der Waals surface area contributed by atoms with E-state index in [0.717, 1.165) is 19.1 Å². The molecule has 4 atom stereocenters. The van der Waals surface area contributed by atoms with Crippen LogP contribution in [0.4, 0.5) is 0 Å². The lowest BCUT2D eigenvalue weighted by Crippen LogP contribution is -2.59. The largest absolute Gasteiger partial charge is 0.326 e. The zero-order valence-electron chi connectivity index (χ0n) is 22.3. The fourth-order valence-corrected chi connectivity index (χ4v) is 7.20. The van der Waals surface area contributed by atoms with Crippen LogP contribution in [0.3, 0.4) is 0 Å². The standard InChI is InChI=1S/C29H30Cl2N4O5S/c1-41(38,39)34-24-11-4-5-12-25(24)35-27(22-14-13-18(30)16-23(22)31)26(20-9-2-3-10-21(20)29(35)37)28(36)33-40-17-19-8-6-7-15-32-19/h2-3,6-10,13-16,24-27,34H,4-5,11-12,17H2,1H3,(H,33,36)/t24-,25-,26-,27+/m1/s1. The number of nitrogens with zero attached hydrogens (tertiary/aromatic N) is 2. The van der Waals surface area contributed by atoms with Gasteiger partial charge in [0.05, 0.1) is 23.9 Å². The van der Waals surface area contributed by atoms with Crippen LogP contribution < -0.4 is 10.2 Å². The molecule has 1 aliphatic heterocycles. The van der Waals surface area contributed by atoms with Gasteiger partial charge in [0.15, 0.2) is 0 Å². The number of carbonyl (C=O) groups excluding carboxylic acids is 2. The molecule has 1 saturated carbocycles. The van der Waals surface area contributed by atoms with Crippen molar-refractivity contribution < 1.29 is 22.8 Å². The Morgan fingerprint density at radius 2 is 1.80 bits per heavy atom. The van der Waals surface area contributed by atoms with E-state index in [1.807, 2.05) is 6.07 Å². The number of sulfonamides is 1. The van der Waals surface area contributed by atoms with Crippen molar-refractivity contribution >= 4 is 45.0 Å². The van der Waals surface area contributed by atoms with Crippen LogP contribution in [-0.2, 0) is 26.3 Å². The summed E-state index contributed by atoms with van der Waals surface area (Å²) >= 11 is 13.0. The average molecular weight is 618 g/mol. The number of hydrogen-bond acceptors (Lipinski definition) is 6. The van der Waals surface area contributed by atoms with E-state index in [1.165, 1.54) is 0 Å². The fraction of sp³-hybridized carbons (Fsp3) is 0.345. The molecule has 216 valence electrons. The highest BCUT2D eigenvalue weighted by molar-refractivity contribution is 7.88. The highest BCUT2D eigenvalue weighted by Gasteiger charge is 2.49. The van der Waals surface area contributed by atoms with Crippen LogP contribution >= 0.6 is 23.2 Å². The molecule has 2 amide bonds. The van der Waals surface area contributed by atoms with E-state index in [-0.39, 0.29) is 17.5 Å². The van der Waals surface area contributed by atoms with Crippen LogP contribution in [0.25, 0.3) is 0 Å². The van der Waals surface area contributed by atoms with Gasteiger partial charge in [-0.2, -0.15) is 0 Å². The summed E-state index contributed by atoms with van der Waals surface area (Å²) in [5.41, 5.74) is 4.59. The maximum atomic E-state index is 14.3. The molecule has 2 heterocycles. The number of nitrogens with one attached hydrogen (secondary N) is 2. The monoisotopic (exact) mass is 616 g/mol. The van der Waals surface area contributed by atoms with Gasteiger partial charge >= 0.3 is 0 Å². The first kappa shape index (κ1) is 29.5. The van der Waals surface area contributed by atoms with Gasteiger partial charge in [0.25, 0.3) is 11.8 Å². The second kappa shape index (κ2) is 12.5. The number of fused-ring (bicyclic) bond motifs is 1. The molecule has 0 bridgehead atoms. The van der Waals surface area contributed by atoms with Gasteiger partial charge in [-0.3, -0.25) is 19.4 Å². The summed E-state index contributed by atoms with van der Waals surface area (Å²) in [4.78, 5) is 39.7. The van der Waals surface area contributed by atoms with Gasteiger partial charge in [0.1, 0.15) is 6.61 Å². The Balaban J connectivity index is 1.60. The molecule has 2 aliphatic rings. The fourth-order valence-electron chi connectivity index (χ4n) is 5.86. The van der Waals surface area contributed by atoms with Gasteiger partial charge in [-0.05, 0) is 54.3 Å². The van der Waals surface area contributed by atoms with Crippen LogP contribution in [-0.4, -0.2) is 48.5 Å². The van der Waals surface area contributed by atoms with Gasteiger partial charge in [-0.1, -0.05) is 66.4 Å². The molecule has 0 unspecified atom stereocenters. The third-order valence-corrected chi connectivity index (χ3v) is 8.80. The topological polar surface area (TPSA) is 118 Å². The van der Waals surface area contributed by atoms with E-state index in [4.69, 9.17) is 28.0 Å².